The Morgan fingerprint density at radius 2 is 1.75 bits per heavy atom. The van der Waals surface area contributed by atoms with E-state index in [4.69, 9.17) is 14.2 Å². The largest absolute Gasteiger partial charge is 0.497 e. The van der Waals surface area contributed by atoms with E-state index in [9.17, 15) is 23.3 Å². The van der Waals surface area contributed by atoms with Crippen molar-refractivity contribution in [1.82, 2.24) is 34.5 Å². The molecule has 20 heteroatoms. The van der Waals surface area contributed by atoms with Crippen LogP contribution in [0.15, 0.2) is 102 Å². The molecule has 4 aliphatic rings. The van der Waals surface area contributed by atoms with Gasteiger partial charge in [-0.15, -0.1) is 0 Å². The molecule has 4 aromatic carbocycles. The minimum atomic E-state index is -4.88. The zero-order valence-electron chi connectivity index (χ0n) is 42.9. The van der Waals surface area contributed by atoms with Crippen LogP contribution in [0.1, 0.15) is 91.4 Å². The van der Waals surface area contributed by atoms with Gasteiger partial charge in [0.25, 0.3) is 21.6 Å². The summed E-state index contributed by atoms with van der Waals surface area (Å²) in [4.78, 5) is 47.3. The number of sulfonamides is 1. The maximum atomic E-state index is 16.7. The molecule has 11 rings (SSSR count). The summed E-state index contributed by atoms with van der Waals surface area (Å²) in [6.07, 6.45) is 9.70. The number of halogens is 1. The predicted octanol–water partition coefficient (Wildman–Crippen LogP) is 9.68. The molecular weight excluding hydrogens is 992 g/mol. The number of nitro groups is 1. The molecule has 0 radical (unpaired) electrons. The second-order valence-electron chi connectivity index (χ2n) is 21.2. The standard InChI is InChI=1S/C56H63FN10O8S/c1-35(2)42-6-4-5-7-43(42)48-33-64(32-37-8-10-40(73-3)11-9-37)20-21-66(48)39-28-56(29-39)15-18-65(19-16-56)46-26-49(75-41-24-38-12-17-58-54(38)60-31-41)44(25-45(46)57)55(68)63-76(71,72)50-27-47(67(69)70)51(53-52(50)61-34-62-53)59-30-36-13-22-74-23-14-36/h4-12,17,24-27,31,34-36,39,48,59H,13-16,18-23,28-30,32-33H2,1-3H3,(H,58,60)(H,61,62)(H,63,68)/t48-/m0/s1. The quantitative estimate of drug-likeness (QED) is 0.0524. The Labute approximate surface area is 440 Å². The van der Waals surface area contributed by atoms with Crippen molar-refractivity contribution in [3.05, 3.63) is 136 Å². The zero-order chi connectivity index (χ0) is 52.7. The Bertz CT molecular complexity index is 3380. The summed E-state index contributed by atoms with van der Waals surface area (Å²) in [5.41, 5.74) is 4.04. The van der Waals surface area contributed by atoms with E-state index in [2.05, 4.69) is 85.3 Å². The van der Waals surface area contributed by atoms with Crippen LogP contribution < -0.4 is 24.4 Å². The summed E-state index contributed by atoms with van der Waals surface area (Å²) in [7, 11) is -3.19. The second kappa shape index (κ2) is 21.1. The van der Waals surface area contributed by atoms with E-state index in [1.807, 2.05) is 21.8 Å². The number of hydrogen-bond acceptors (Lipinski definition) is 14. The summed E-state index contributed by atoms with van der Waals surface area (Å²) in [6, 6.07) is 24.7. The van der Waals surface area contributed by atoms with Gasteiger partial charge in [-0.2, -0.15) is 0 Å². The molecule has 3 saturated heterocycles. The normalized spacial score (nSPS) is 18.8. The van der Waals surface area contributed by atoms with Gasteiger partial charge in [0, 0.05) is 94.8 Å². The molecule has 1 amide bonds. The Morgan fingerprint density at radius 3 is 2.50 bits per heavy atom. The van der Waals surface area contributed by atoms with Crippen LogP contribution in [-0.2, 0) is 21.3 Å². The molecule has 76 heavy (non-hydrogen) atoms. The van der Waals surface area contributed by atoms with Crippen molar-refractivity contribution in [2.75, 3.05) is 69.8 Å². The van der Waals surface area contributed by atoms with Crippen LogP contribution in [0, 0.1) is 27.3 Å². The predicted molar refractivity (Wildman–Crippen MR) is 287 cm³/mol. The number of hydrogen-bond donors (Lipinski definition) is 4. The molecule has 398 valence electrons. The van der Waals surface area contributed by atoms with Gasteiger partial charge >= 0.3 is 0 Å². The van der Waals surface area contributed by atoms with Crippen LogP contribution in [0.5, 0.6) is 17.2 Å². The number of aromatic amines is 2. The van der Waals surface area contributed by atoms with Crippen LogP contribution in [-0.4, -0.2) is 115 Å². The number of nitrogens with zero attached hydrogens (tertiary/aromatic N) is 6. The molecule has 4 fully saturated rings. The number of piperidine rings is 1. The molecule has 18 nitrogen and oxygen atoms in total. The second-order valence-corrected chi connectivity index (χ2v) is 22.8. The number of methoxy groups -OCH3 is 1. The van der Waals surface area contributed by atoms with Gasteiger partial charge in [0.1, 0.15) is 44.8 Å². The molecule has 7 aromatic rings. The molecule has 1 atom stereocenters. The molecule has 1 spiro atoms. The van der Waals surface area contributed by atoms with Crippen LogP contribution in [0.2, 0.25) is 0 Å². The molecule has 1 saturated carbocycles. The van der Waals surface area contributed by atoms with E-state index in [0.29, 0.717) is 50.5 Å². The number of nitro benzene ring substituents is 1. The fourth-order valence-corrected chi connectivity index (χ4v) is 13.2. The van der Waals surface area contributed by atoms with Gasteiger partial charge in [-0.1, -0.05) is 50.2 Å². The Balaban J connectivity index is 0.821. The number of pyridine rings is 1. The monoisotopic (exact) mass is 1050 g/mol. The van der Waals surface area contributed by atoms with Crippen LogP contribution in [0.4, 0.5) is 21.5 Å². The zero-order valence-corrected chi connectivity index (χ0v) is 43.7. The maximum absolute atomic E-state index is 16.7. The number of H-pyrrole nitrogens is 2. The molecule has 4 N–H and O–H groups in total. The highest BCUT2D eigenvalue weighted by atomic mass is 32.2. The number of anilines is 2. The average molecular weight is 1060 g/mol. The molecule has 0 bridgehead atoms. The first-order valence-corrected chi connectivity index (χ1v) is 27.7. The highest BCUT2D eigenvalue weighted by molar-refractivity contribution is 7.90. The van der Waals surface area contributed by atoms with E-state index in [0.717, 1.165) is 88.0 Å². The Morgan fingerprint density at radius 1 is 0.974 bits per heavy atom. The van der Waals surface area contributed by atoms with E-state index >= 15 is 4.39 Å². The van der Waals surface area contributed by atoms with Gasteiger partial charge in [0.2, 0.25) is 0 Å². The number of benzene rings is 4. The minimum Gasteiger partial charge on any atom is -0.497 e. The lowest BCUT2D eigenvalue weighted by Crippen LogP contribution is -2.60. The molecule has 0 unspecified atom stereocenters. The van der Waals surface area contributed by atoms with Crippen molar-refractivity contribution in [1.29, 1.82) is 0 Å². The number of nitrogens with one attached hydrogen (secondary N) is 4. The summed E-state index contributed by atoms with van der Waals surface area (Å²) in [5, 5.41) is 16.4. The Kier molecular flexibility index (Phi) is 14.2. The number of piperazine rings is 1. The van der Waals surface area contributed by atoms with Gasteiger partial charge < -0.3 is 34.4 Å². The molecular formula is C56H63FN10O8S. The Hall–Kier alpha value is -7.13. The molecule has 3 aliphatic heterocycles. The van der Waals surface area contributed by atoms with Crippen LogP contribution in [0.25, 0.3) is 22.1 Å². The number of rotatable bonds is 16. The number of aromatic nitrogens is 4. The number of imidazole rings is 1. The molecule has 3 aromatic heterocycles. The maximum Gasteiger partial charge on any atom is 0.296 e. The van der Waals surface area contributed by atoms with E-state index in [1.54, 1.807) is 25.4 Å². The lowest BCUT2D eigenvalue weighted by Gasteiger charge is -2.58. The van der Waals surface area contributed by atoms with Gasteiger partial charge in [-0.05, 0) is 103 Å². The average Bonchev–Trinajstić information content (AvgIpc) is 4.13. The van der Waals surface area contributed by atoms with Gasteiger partial charge in [-0.3, -0.25) is 24.7 Å². The smallest absolute Gasteiger partial charge is 0.296 e. The number of amides is 1. The van der Waals surface area contributed by atoms with Crippen molar-refractivity contribution in [3.8, 4) is 17.2 Å². The molecule has 6 heterocycles. The number of ether oxygens (including phenoxy) is 3. The highest BCUT2D eigenvalue weighted by Crippen LogP contribution is 2.54. The van der Waals surface area contributed by atoms with Crippen molar-refractivity contribution in [2.24, 2.45) is 11.3 Å². The topological polar surface area (TPSA) is 213 Å². The van der Waals surface area contributed by atoms with Gasteiger partial charge in [-0.25, -0.2) is 27.5 Å². The van der Waals surface area contributed by atoms with E-state index in [1.165, 1.54) is 35.3 Å². The highest BCUT2D eigenvalue weighted by Gasteiger charge is 2.50. The fraction of sp³-hybridized carbons (Fsp3) is 0.411. The number of carbonyl (C=O) groups is 1. The minimum absolute atomic E-state index is 0.0730. The lowest BCUT2D eigenvalue weighted by atomic mass is 9.59. The van der Waals surface area contributed by atoms with Crippen LogP contribution >= 0.6 is 0 Å². The third kappa shape index (κ3) is 10.3. The van der Waals surface area contributed by atoms with Crippen molar-refractivity contribution >= 4 is 55.1 Å². The van der Waals surface area contributed by atoms with Crippen LogP contribution in [0.3, 0.4) is 0 Å². The first kappa shape index (κ1) is 51.0. The third-order valence-electron chi connectivity index (χ3n) is 16.2. The SMILES string of the molecule is COc1ccc(CN2CCN(C3CC4(CCN(c5cc(Oc6cnc7[nH]ccc7c6)c(C(=O)NS(=O)(=O)c6cc([N+](=O)[O-])c(NCC7CCOCC7)c7[nH]cnc67)cc5F)CC4)C3)[C@H](c3ccccc3C(C)C)C2)cc1. The summed E-state index contributed by atoms with van der Waals surface area (Å²) in [5.74, 6) is -0.406. The summed E-state index contributed by atoms with van der Waals surface area (Å²) < 4.78 is 64.5. The van der Waals surface area contributed by atoms with Gasteiger partial charge in [0.15, 0.2) is 0 Å². The first-order chi connectivity index (χ1) is 36.7. The first-order valence-electron chi connectivity index (χ1n) is 26.2. The summed E-state index contributed by atoms with van der Waals surface area (Å²) >= 11 is 0. The lowest BCUT2D eigenvalue weighted by molar-refractivity contribution is -0.384. The summed E-state index contributed by atoms with van der Waals surface area (Å²) in [6.45, 7) is 10.9. The van der Waals surface area contributed by atoms with E-state index in [-0.39, 0.29) is 51.3 Å². The van der Waals surface area contributed by atoms with Gasteiger partial charge in [0.05, 0.1) is 41.3 Å². The van der Waals surface area contributed by atoms with Crippen molar-refractivity contribution in [2.45, 2.75) is 81.8 Å². The fourth-order valence-electron chi connectivity index (χ4n) is 12.0. The van der Waals surface area contributed by atoms with Crippen molar-refractivity contribution < 1.29 is 36.7 Å². The number of carbonyl (C=O) groups excluding carboxylic acids is 1. The molecule has 1 aliphatic carbocycles. The number of fused-ring (bicyclic) bond motifs is 2. The third-order valence-corrected chi connectivity index (χ3v) is 17.5. The van der Waals surface area contributed by atoms with E-state index < -0.39 is 42.8 Å². The van der Waals surface area contributed by atoms with Crippen molar-refractivity contribution in [3.63, 3.8) is 0 Å².